The van der Waals surface area contributed by atoms with Crippen molar-refractivity contribution in [3.8, 4) is 0 Å². The number of aliphatic hydroxyl groups is 2. The molecule has 0 bridgehead atoms. The second kappa shape index (κ2) is 10.0. The van der Waals surface area contributed by atoms with E-state index in [4.69, 9.17) is 4.74 Å². The molecule has 1 aromatic rings. The maximum atomic E-state index is 14.2. The molecule has 1 heterocycles. The van der Waals surface area contributed by atoms with Crippen LogP contribution in [0.2, 0.25) is 0 Å². The summed E-state index contributed by atoms with van der Waals surface area (Å²) in [7, 11) is 0. The van der Waals surface area contributed by atoms with Gasteiger partial charge in [0, 0.05) is 30.7 Å². The van der Waals surface area contributed by atoms with Crippen LogP contribution in [-0.4, -0.2) is 51.7 Å². The molecule has 1 amide bonds. The number of nitrogens with one attached hydrogen (secondary N) is 1. The molecule has 7 nitrogen and oxygen atoms in total. The van der Waals surface area contributed by atoms with E-state index in [9.17, 15) is 24.6 Å². The minimum absolute atomic E-state index is 0.287. The third-order valence-electron chi connectivity index (χ3n) is 8.53. The second-order valence-electron chi connectivity index (χ2n) is 11.0. The predicted octanol–water partition coefficient (Wildman–Crippen LogP) is 2.92. The molecule has 1 spiro atoms. The summed E-state index contributed by atoms with van der Waals surface area (Å²) < 4.78 is 5.81. The maximum Gasteiger partial charge on any atom is 0.303 e. The van der Waals surface area contributed by atoms with Gasteiger partial charge in [0.1, 0.15) is 17.1 Å². The van der Waals surface area contributed by atoms with Crippen molar-refractivity contribution >= 4 is 17.7 Å². The van der Waals surface area contributed by atoms with Crippen LogP contribution in [0, 0.1) is 29.1 Å². The number of amides is 1. The molecule has 1 saturated carbocycles. The third kappa shape index (κ3) is 4.59. The van der Waals surface area contributed by atoms with E-state index in [2.05, 4.69) is 11.9 Å². The first-order chi connectivity index (χ1) is 17.4. The van der Waals surface area contributed by atoms with Crippen LogP contribution in [0.5, 0.6) is 0 Å². The van der Waals surface area contributed by atoms with E-state index in [1.807, 2.05) is 37.3 Å². The zero-order chi connectivity index (χ0) is 27.1. The van der Waals surface area contributed by atoms with Gasteiger partial charge in [0.05, 0.1) is 6.10 Å². The van der Waals surface area contributed by atoms with Crippen molar-refractivity contribution in [3.05, 3.63) is 72.4 Å². The molecule has 1 unspecified atom stereocenters. The Morgan fingerprint density at radius 2 is 1.86 bits per heavy atom. The lowest BCUT2D eigenvalue weighted by atomic mass is 9.51. The average Bonchev–Trinajstić information content (AvgIpc) is 3.13. The molecule has 2 aliphatic carbocycles. The molecular weight excluding hydrogens is 470 g/mol. The highest BCUT2D eigenvalue weighted by Gasteiger charge is 2.68. The van der Waals surface area contributed by atoms with Crippen molar-refractivity contribution in [1.29, 1.82) is 0 Å². The molecule has 0 radical (unpaired) electrons. The van der Waals surface area contributed by atoms with Crippen molar-refractivity contribution in [2.45, 2.75) is 64.4 Å². The Hall–Kier alpha value is -3.03. The first-order valence-electron chi connectivity index (χ1n) is 12.9. The molecule has 1 aromatic carbocycles. The number of carbonyl (C=O) groups is 3. The maximum absolute atomic E-state index is 14.2. The van der Waals surface area contributed by atoms with Crippen LogP contribution in [0.1, 0.15) is 39.7 Å². The topological polar surface area (TPSA) is 113 Å². The largest absolute Gasteiger partial charge is 0.457 e. The van der Waals surface area contributed by atoms with Gasteiger partial charge in [-0.15, -0.1) is 0 Å². The van der Waals surface area contributed by atoms with Crippen LogP contribution in [-0.2, 0) is 25.5 Å². The highest BCUT2D eigenvalue weighted by Crippen LogP contribution is 2.58. The van der Waals surface area contributed by atoms with Crippen LogP contribution in [0.3, 0.4) is 0 Å². The summed E-state index contributed by atoms with van der Waals surface area (Å²) in [5.41, 5.74) is -1.55. The van der Waals surface area contributed by atoms with Gasteiger partial charge in [0.2, 0.25) is 5.91 Å². The van der Waals surface area contributed by atoms with Crippen molar-refractivity contribution in [2.75, 3.05) is 0 Å². The van der Waals surface area contributed by atoms with E-state index >= 15 is 0 Å². The molecule has 198 valence electrons. The molecule has 3 aliphatic rings. The van der Waals surface area contributed by atoms with E-state index in [0.717, 1.165) is 5.56 Å². The molecule has 3 N–H and O–H groups in total. The van der Waals surface area contributed by atoms with Gasteiger partial charge in [-0.25, -0.2) is 0 Å². The number of ketones is 1. The highest BCUT2D eigenvalue weighted by molar-refractivity contribution is 5.91. The Labute approximate surface area is 218 Å². The van der Waals surface area contributed by atoms with Gasteiger partial charge in [0.25, 0.3) is 0 Å². The molecule has 37 heavy (non-hydrogen) atoms. The minimum Gasteiger partial charge on any atom is -0.457 e. The normalized spacial score (nSPS) is 41.6. The van der Waals surface area contributed by atoms with Gasteiger partial charge in [-0.3, -0.25) is 14.4 Å². The minimum atomic E-state index is -1.82. The lowest BCUT2D eigenvalue weighted by Crippen LogP contribution is -2.60. The summed E-state index contributed by atoms with van der Waals surface area (Å²) in [6.45, 7) is 10.5. The van der Waals surface area contributed by atoms with Crippen LogP contribution in [0.15, 0.2) is 66.8 Å². The molecule has 2 fully saturated rings. The van der Waals surface area contributed by atoms with E-state index < -0.39 is 46.9 Å². The van der Waals surface area contributed by atoms with Crippen LogP contribution >= 0.6 is 0 Å². The van der Waals surface area contributed by atoms with E-state index in [-0.39, 0.29) is 23.7 Å². The van der Waals surface area contributed by atoms with Gasteiger partial charge >= 0.3 is 5.97 Å². The van der Waals surface area contributed by atoms with Gasteiger partial charge in [-0.05, 0) is 49.0 Å². The Bertz CT molecular complexity index is 1140. The number of aliphatic hydroxyl groups excluding tert-OH is 1. The molecule has 1 saturated heterocycles. The van der Waals surface area contributed by atoms with Gasteiger partial charge in [-0.1, -0.05) is 62.9 Å². The molecule has 0 aromatic heterocycles. The van der Waals surface area contributed by atoms with E-state index in [1.165, 1.54) is 26.0 Å². The third-order valence-corrected chi connectivity index (χ3v) is 8.53. The molecular formula is C30H37NO6. The Kier molecular flexibility index (Phi) is 7.32. The fourth-order valence-electron chi connectivity index (χ4n) is 6.68. The number of hydrogen-bond acceptors (Lipinski definition) is 6. The fourth-order valence-corrected chi connectivity index (χ4v) is 6.68. The predicted molar refractivity (Wildman–Crippen MR) is 139 cm³/mol. The summed E-state index contributed by atoms with van der Waals surface area (Å²) in [6, 6.07) is 9.49. The number of Topliss-reactive ketones (excluding diaryl/α,β-unsaturated/α-hetero) is 1. The quantitative estimate of drug-likeness (QED) is 0.428. The van der Waals surface area contributed by atoms with Gasteiger partial charge in [0.15, 0.2) is 5.78 Å². The number of esters is 1. The zero-order valence-electron chi connectivity index (χ0n) is 21.9. The highest BCUT2D eigenvalue weighted by atomic mass is 16.5. The first kappa shape index (κ1) is 27.0. The number of allylic oxidation sites excluding steroid dienone is 1. The smallest absolute Gasteiger partial charge is 0.303 e. The Morgan fingerprint density at radius 3 is 2.51 bits per heavy atom. The zero-order valence-corrected chi connectivity index (χ0v) is 21.9. The van der Waals surface area contributed by atoms with Gasteiger partial charge < -0.3 is 20.3 Å². The summed E-state index contributed by atoms with van der Waals surface area (Å²) in [4.78, 5) is 39.5. The van der Waals surface area contributed by atoms with E-state index in [0.29, 0.717) is 18.4 Å². The van der Waals surface area contributed by atoms with Crippen molar-refractivity contribution in [3.63, 3.8) is 0 Å². The monoisotopic (exact) mass is 507 g/mol. The summed E-state index contributed by atoms with van der Waals surface area (Å²) in [6.07, 6.45) is 5.01. The van der Waals surface area contributed by atoms with E-state index in [1.54, 1.807) is 19.1 Å². The SMILES string of the molecule is C=C1[C@@H](O)C2/C=C/C[C@H](C)C(=O)[C@](C)(O)/C=C/[C@@H](OC(C)=O)[C@]23C(=O)N[C@H](Cc2ccccc2)[C@@H]3[C@@H]1C. The van der Waals surface area contributed by atoms with Crippen LogP contribution in [0.4, 0.5) is 0 Å². The number of hydrogen-bond donors (Lipinski definition) is 3. The molecule has 7 heteroatoms. The first-order valence-corrected chi connectivity index (χ1v) is 12.9. The lowest BCUT2D eigenvalue weighted by Gasteiger charge is -2.52. The number of rotatable bonds is 3. The average molecular weight is 508 g/mol. The van der Waals surface area contributed by atoms with Gasteiger partial charge in [-0.2, -0.15) is 0 Å². The standard InChI is InChI=1S/C30H37NO6/c1-17-10-9-13-22-26(33)19(3)18(2)25-23(16-21-11-7-6-8-12-21)31-28(35)30(22,25)24(37-20(4)32)14-15-29(5,36)27(17)34/h6-9,11-15,17-18,22-26,33,36H,3,10,16H2,1-2,4-5H3,(H,31,35)/b13-9+,15-14+/t17-,18+,22?,23+,24+,25-,26+,29+,30+/m0/s1. The Morgan fingerprint density at radius 1 is 1.19 bits per heavy atom. The molecule has 1 aliphatic heterocycles. The van der Waals surface area contributed by atoms with Crippen molar-refractivity contribution < 1.29 is 29.3 Å². The fraction of sp³-hybridized carbons (Fsp3) is 0.500. The van der Waals surface area contributed by atoms with Crippen LogP contribution in [0.25, 0.3) is 0 Å². The summed E-state index contributed by atoms with van der Waals surface area (Å²) in [5, 5.41) is 25.7. The number of carbonyl (C=O) groups excluding carboxylic acids is 3. The second-order valence-corrected chi connectivity index (χ2v) is 11.0. The molecule has 9 atom stereocenters. The van der Waals surface area contributed by atoms with Crippen molar-refractivity contribution in [1.82, 2.24) is 5.32 Å². The number of ether oxygens (including phenoxy) is 1. The summed E-state index contributed by atoms with van der Waals surface area (Å²) in [5.74, 6) is -3.26. The number of benzene rings is 1. The van der Waals surface area contributed by atoms with Crippen molar-refractivity contribution in [2.24, 2.45) is 29.1 Å². The molecule has 4 rings (SSSR count). The Balaban J connectivity index is 1.94. The lowest BCUT2D eigenvalue weighted by molar-refractivity contribution is -0.166. The van der Waals surface area contributed by atoms with Crippen LogP contribution < -0.4 is 5.32 Å². The summed E-state index contributed by atoms with van der Waals surface area (Å²) >= 11 is 0.